The largest absolute Gasteiger partial charge is 0.489 e. The number of aromatic nitrogens is 2. The van der Waals surface area contributed by atoms with Crippen molar-refractivity contribution in [3.63, 3.8) is 0 Å². The molecular formula is C15H17N3O3. The molecule has 110 valence electrons. The molecule has 6 nitrogen and oxygen atoms in total. The van der Waals surface area contributed by atoms with Gasteiger partial charge in [-0.15, -0.1) is 0 Å². The van der Waals surface area contributed by atoms with Gasteiger partial charge >= 0.3 is 5.97 Å². The van der Waals surface area contributed by atoms with Crippen LogP contribution < -0.4 is 4.74 Å². The highest BCUT2D eigenvalue weighted by Crippen LogP contribution is 2.35. The van der Waals surface area contributed by atoms with Crippen LogP contribution in [0.25, 0.3) is 5.69 Å². The Morgan fingerprint density at radius 2 is 2.19 bits per heavy atom. The van der Waals surface area contributed by atoms with E-state index in [0.717, 1.165) is 0 Å². The van der Waals surface area contributed by atoms with E-state index in [0.29, 0.717) is 35.9 Å². The van der Waals surface area contributed by atoms with Crippen LogP contribution in [0, 0.1) is 0 Å². The third-order valence-electron chi connectivity index (χ3n) is 2.77. The van der Waals surface area contributed by atoms with Crippen molar-refractivity contribution in [1.29, 1.82) is 0 Å². The topological polar surface area (TPSA) is 65.7 Å². The zero-order valence-electron chi connectivity index (χ0n) is 12.1. The quantitative estimate of drug-likeness (QED) is 0.605. The Morgan fingerprint density at radius 3 is 2.76 bits per heavy atom. The maximum atomic E-state index is 11.9. The average Bonchev–Trinajstić information content (AvgIpc) is 3.02. The van der Waals surface area contributed by atoms with E-state index in [1.165, 1.54) is 0 Å². The molecule has 0 radical (unpaired) electrons. The highest BCUT2D eigenvalue weighted by Gasteiger charge is 2.17. The maximum absolute atomic E-state index is 11.9. The van der Waals surface area contributed by atoms with Crippen LogP contribution in [-0.4, -0.2) is 35.7 Å². The summed E-state index contributed by atoms with van der Waals surface area (Å²) in [7, 11) is 0. The van der Waals surface area contributed by atoms with E-state index in [1.54, 1.807) is 42.2 Å². The van der Waals surface area contributed by atoms with Gasteiger partial charge in [-0.25, -0.2) is 9.48 Å². The average molecular weight is 287 g/mol. The molecule has 0 saturated carbocycles. The third-order valence-corrected chi connectivity index (χ3v) is 2.77. The van der Waals surface area contributed by atoms with Gasteiger partial charge in [0.15, 0.2) is 5.75 Å². The SMILES string of the molecule is C=Nc1cc(C(=O)OCC)cc(-n2cccn2)c1OCC. The summed E-state index contributed by atoms with van der Waals surface area (Å²) in [5, 5.41) is 4.17. The maximum Gasteiger partial charge on any atom is 0.338 e. The number of hydrogen-bond acceptors (Lipinski definition) is 5. The minimum atomic E-state index is -0.418. The van der Waals surface area contributed by atoms with Crippen molar-refractivity contribution in [3.05, 3.63) is 36.2 Å². The van der Waals surface area contributed by atoms with Gasteiger partial charge in [0.25, 0.3) is 0 Å². The van der Waals surface area contributed by atoms with Crippen LogP contribution in [0.1, 0.15) is 24.2 Å². The molecule has 0 atom stereocenters. The number of ether oxygens (including phenoxy) is 2. The Hall–Kier alpha value is -2.63. The lowest BCUT2D eigenvalue weighted by molar-refractivity contribution is 0.0526. The third kappa shape index (κ3) is 3.10. The monoisotopic (exact) mass is 287 g/mol. The Balaban J connectivity index is 2.60. The highest BCUT2D eigenvalue weighted by molar-refractivity contribution is 5.92. The normalized spacial score (nSPS) is 10.2. The number of esters is 1. The lowest BCUT2D eigenvalue weighted by Crippen LogP contribution is -2.08. The van der Waals surface area contributed by atoms with E-state index in [4.69, 9.17) is 9.47 Å². The van der Waals surface area contributed by atoms with Crippen LogP contribution in [0.15, 0.2) is 35.6 Å². The van der Waals surface area contributed by atoms with E-state index in [2.05, 4.69) is 16.8 Å². The zero-order valence-corrected chi connectivity index (χ0v) is 12.1. The van der Waals surface area contributed by atoms with Gasteiger partial charge in [0.1, 0.15) is 11.4 Å². The van der Waals surface area contributed by atoms with Gasteiger partial charge in [-0.3, -0.25) is 4.99 Å². The summed E-state index contributed by atoms with van der Waals surface area (Å²) >= 11 is 0. The summed E-state index contributed by atoms with van der Waals surface area (Å²) in [4.78, 5) is 15.9. The van der Waals surface area contributed by atoms with Crippen LogP contribution in [0.5, 0.6) is 5.75 Å². The summed E-state index contributed by atoms with van der Waals surface area (Å²) < 4.78 is 12.3. The molecule has 21 heavy (non-hydrogen) atoms. The number of benzene rings is 1. The molecule has 0 aliphatic rings. The van der Waals surface area contributed by atoms with Gasteiger partial charge in [0.05, 0.1) is 18.8 Å². The standard InChI is InChI=1S/C15H17N3O3/c1-4-20-14-12(16-3)9-11(15(19)21-5-2)10-13(14)18-8-6-7-17-18/h6-10H,3-5H2,1-2H3. The molecule has 0 aliphatic heterocycles. The fourth-order valence-corrected chi connectivity index (χ4v) is 1.92. The Kier molecular flexibility index (Phi) is 4.71. The van der Waals surface area contributed by atoms with Gasteiger partial charge in [-0.05, 0) is 38.8 Å². The van der Waals surface area contributed by atoms with Crippen LogP contribution in [0.4, 0.5) is 5.69 Å². The predicted molar refractivity (Wildman–Crippen MR) is 79.9 cm³/mol. The molecule has 1 aromatic carbocycles. The first-order valence-electron chi connectivity index (χ1n) is 6.66. The van der Waals surface area contributed by atoms with Gasteiger partial charge < -0.3 is 9.47 Å². The number of nitrogens with zero attached hydrogens (tertiary/aromatic N) is 3. The predicted octanol–water partition coefficient (Wildman–Crippen LogP) is 2.78. The molecule has 0 unspecified atom stereocenters. The van der Waals surface area contributed by atoms with Crippen molar-refractivity contribution in [2.24, 2.45) is 4.99 Å². The first kappa shape index (κ1) is 14.8. The van der Waals surface area contributed by atoms with Gasteiger partial charge in [0.2, 0.25) is 0 Å². The molecule has 1 aromatic heterocycles. The fourth-order valence-electron chi connectivity index (χ4n) is 1.92. The molecule has 0 fully saturated rings. The molecule has 1 heterocycles. The highest BCUT2D eigenvalue weighted by atomic mass is 16.5. The van der Waals surface area contributed by atoms with Crippen molar-refractivity contribution in [3.8, 4) is 11.4 Å². The lowest BCUT2D eigenvalue weighted by atomic mass is 10.1. The molecule has 0 aliphatic carbocycles. The fraction of sp³-hybridized carbons (Fsp3) is 0.267. The van der Waals surface area contributed by atoms with E-state index in [9.17, 15) is 4.79 Å². The summed E-state index contributed by atoms with van der Waals surface area (Å²) in [6.07, 6.45) is 3.41. The number of aliphatic imine (C=N–C) groups is 1. The summed E-state index contributed by atoms with van der Waals surface area (Å²) in [5.41, 5.74) is 1.48. The number of hydrogen-bond donors (Lipinski definition) is 0. The molecule has 0 saturated heterocycles. The second-order valence-electron chi connectivity index (χ2n) is 4.11. The number of rotatable bonds is 6. The van der Waals surface area contributed by atoms with Crippen molar-refractivity contribution in [2.75, 3.05) is 13.2 Å². The lowest BCUT2D eigenvalue weighted by Gasteiger charge is -2.14. The van der Waals surface area contributed by atoms with Crippen LogP contribution in [-0.2, 0) is 4.74 Å². The molecule has 0 amide bonds. The minimum absolute atomic E-state index is 0.306. The van der Waals surface area contributed by atoms with Crippen molar-refractivity contribution >= 4 is 18.4 Å². The molecule has 2 rings (SSSR count). The van der Waals surface area contributed by atoms with Gasteiger partial charge in [-0.2, -0.15) is 5.10 Å². The summed E-state index contributed by atoms with van der Waals surface area (Å²) in [6, 6.07) is 5.06. The number of carbonyl (C=O) groups excluding carboxylic acids is 1. The van der Waals surface area contributed by atoms with E-state index < -0.39 is 5.97 Å². The van der Waals surface area contributed by atoms with Gasteiger partial charge in [0, 0.05) is 12.4 Å². The van der Waals surface area contributed by atoms with Crippen molar-refractivity contribution < 1.29 is 14.3 Å². The number of carbonyl (C=O) groups is 1. The Bertz CT molecular complexity index is 636. The van der Waals surface area contributed by atoms with Crippen molar-refractivity contribution in [2.45, 2.75) is 13.8 Å². The second-order valence-corrected chi connectivity index (χ2v) is 4.11. The van der Waals surface area contributed by atoms with E-state index in [1.807, 2.05) is 6.92 Å². The van der Waals surface area contributed by atoms with Crippen LogP contribution in [0.3, 0.4) is 0 Å². The van der Waals surface area contributed by atoms with Crippen LogP contribution in [0.2, 0.25) is 0 Å². The Morgan fingerprint density at radius 1 is 1.38 bits per heavy atom. The zero-order chi connectivity index (χ0) is 15.2. The molecular weight excluding hydrogens is 270 g/mol. The van der Waals surface area contributed by atoms with Crippen molar-refractivity contribution in [1.82, 2.24) is 9.78 Å². The van der Waals surface area contributed by atoms with Gasteiger partial charge in [-0.1, -0.05) is 0 Å². The molecule has 2 aromatic rings. The molecule has 0 N–H and O–H groups in total. The molecule has 0 spiro atoms. The summed E-state index contributed by atoms with van der Waals surface area (Å²) in [6.45, 7) is 7.94. The van der Waals surface area contributed by atoms with E-state index >= 15 is 0 Å². The van der Waals surface area contributed by atoms with E-state index in [-0.39, 0.29) is 0 Å². The second kappa shape index (κ2) is 6.69. The minimum Gasteiger partial charge on any atom is -0.489 e. The van der Waals surface area contributed by atoms with Crippen LogP contribution >= 0.6 is 0 Å². The molecule has 0 bridgehead atoms. The Labute approximate surface area is 123 Å². The smallest absolute Gasteiger partial charge is 0.338 e. The first-order chi connectivity index (χ1) is 10.2. The first-order valence-corrected chi connectivity index (χ1v) is 6.66. The summed E-state index contributed by atoms with van der Waals surface area (Å²) in [5.74, 6) is 0.114. The molecule has 6 heteroatoms.